The molecule has 0 radical (unpaired) electrons. The predicted molar refractivity (Wildman–Crippen MR) is 129 cm³/mol. The largest absolute Gasteiger partial charge is 0.493 e. The molecule has 33 heavy (non-hydrogen) atoms. The van der Waals surface area contributed by atoms with E-state index in [1.165, 1.54) is 54.5 Å². The lowest BCUT2D eigenvalue weighted by Gasteiger charge is -2.18. The van der Waals surface area contributed by atoms with E-state index in [1.807, 2.05) is 6.07 Å². The standard InChI is InChI=1S/C27H31NO5/c1-14-15(2)17(4)21(18(5)16(14)3)11-20-9-10-24(33-20)27(30)28-23-13-26(32-8)25(31-7)12-22(23)19(6)29/h9-10,12-13H,11H2,1-8H3,(H,28,30). The summed E-state index contributed by atoms with van der Waals surface area (Å²) in [5, 5.41) is 2.77. The number of Topliss-reactive ketones (excluding diaryl/α,β-unsaturated/α-hetero) is 1. The minimum atomic E-state index is -0.444. The first-order chi connectivity index (χ1) is 15.6. The maximum Gasteiger partial charge on any atom is 0.291 e. The van der Waals surface area contributed by atoms with E-state index in [2.05, 4.69) is 39.9 Å². The van der Waals surface area contributed by atoms with Gasteiger partial charge in [-0.3, -0.25) is 9.59 Å². The number of carbonyl (C=O) groups excluding carboxylic acids is 2. The number of ether oxygens (including phenoxy) is 2. The number of methoxy groups -OCH3 is 2. The quantitative estimate of drug-likeness (QED) is 0.456. The molecule has 1 N–H and O–H groups in total. The molecule has 2 aromatic carbocycles. The Morgan fingerprint density at radius 1 is 0.848 bits per heavy atom. The van der Waals surface area contributed by atoms with E-state index in [4.69, 9.17) is 13.9 Å². The maximum atomic E-state index is 12.9. The van der Waals surface area contributed by atoms with E-state index in [-0.39, 0.29) is 11.5 Å². The number of anilines is 1. The summed E-state index contributed by atoms with van der Waals surface area (Å²) in [4.78, 5) is 25.0. The molecule has 0 aliphatic carbocycles. The van der Waals surface area contributed by atoms with Gasteiger partial charge in [0.2, 0.25) is 0 Å². The Balaban J connectivity index is 1.88. The lowest BCUT2D eigenvalue weighted by atomic mass is 9.88. The molecule has 0 fully saturated rings. The highest BCUT2D eigenvalue weighted by Crippen LogP contribution is 2.34. The van der Waals surface area contributed by atoms with Crippen LogP contribution in [0.4, 0.5) is 5.69 Å². The van der Waals surface area contributed by atoms with E-state index in [0.717, 1.165) is 0 Å². The Morgan fingerprint density at radius 3 is 1.94 bits per heavy atom. The number of ketones is 1. The number of carbonyl (C=O) groups is 2. The van der Waals surface area contributed by atoms with Gasteiger partial charge in [-0.2, -0.15) is 0 Å². The Hall–Kier alpha value is -3.54. The third kappa shape index (κ3) is 4.65. The zero-order valence-electron chi connectivity index (χ0n) is 20.6. The van der Waals surface area contributed by atoms with Crippen LogP contribution in [0.15, 0.2) is 28.7 Å². The third-order valence-corrected chi connectivity index (χ3v) is 6.54. The van der Waals surface area contributed by atoms with Crippen molar-refractivity contribution in [2.75, 3.05) is 19.5 Å². The van der Waals surface area contributed by atoms with Gasteiger partial charge < -0.3 is 19.2 Å². The van der Waals surface area contributed by atoms with Crippen molar-refractivity contribution in [3.8, 4) is 11.5 Å². The monoisotopic (exact) mass is 449 g/mol. The van der Waals surface area contributed by atoms with Gasteiger partial charge in [0.25, 0.3) is 5.91 Å². The molecule has 0 unspecified atom stereocenters. The highest BCUT2D eigenvalue weighted by molar-refractivity contribution is 6.08. The molecule has 6 heteroatoms. The lowest BCUT2D eigenvalue weighted by Crippen LogP contribution is -2.14. The summed E-state index contributed by atoms with van der Waals surface area (Å²) in [6.07, 6.45) is 0.599. The number of nitrogens with one attached hydrogen (secondary N) is 1. The van der Waals surface area contributed by atoms with Crippen LogP contribution in [-0.4, -0.2) is 25.9 Å². The topological polar surface area (TPSA) is 77.8 Å². The van der Waals surface area contributed by atoms with Gasteiger partial charge in [0.15, 0.2) is 23.0 Å². The minimum Gasteiger partial charge on any atom is -0.493 e. The summed E-state index contributed by atoms with van der Waals surface area (Å²) in [5.74, 6) is 1.05. The summed E-state index contributed by atoms with van der Waals surface area (Å²) in [7, 11) is 2.99. The first kappa shape index (κ1) is 24.1. The first-order valence-electron chi connectivity index (χ1n) is 10.8. The lowest BCUT2D eigenvalue weighted by molar-refractivity contribution is 0.0995. The molecule has 0 saturated carbocycles. The summed E-state index contributed by atoms with van der Waals surface area (Å²) in [5.41, 5.74) is 8.24. The van der Waals surface area contributed by atoms with Crippen LogP contribution in [0.2, 0.25) is 0 Å². The molecule has 1 aromatic heterocycles. The molecule has 0 saturated heterocycles. The molecule has 3 rings (SSSR count). The van der Waals surface area contributed by atoms with E-state index in [9.17, 15) is 9.59 Å². The maximum absolute atomic E-state index is 12.9. The number of hydrogen-bond donors (Lipinski definition) is 1. The first-order valence-corrected chi connectivity index (χ1v) is 10.8. The van der Waals surface area contributed by atoms with Crippen molar-refractivity contribution in [3.63, 3.8) is 0 Å². The number of amides is 1. The molecule has 0 spiro atoms. The van der Waals surface area contributed by atoms with Gasteiger partial charge >= 0.3 is 0 Å². The van der Waals surface area contributed by atoms with Gasteiger partial charge in [0.05, 0.1) is 19.9 Å². The van der Waals surface area contributed by atoms with Crippen molar-refractivity contribution in [1.29, 1.82) is 0 Å². The molecule has 6 nitrogen and oxygen atoms in total. The van der Waals surface area contributed by atoms with Crippen LogP contribution in [0, 0.1) is 34.6 Å². The average molecular weight is 450 g/mol. The van der Waals surface area contributed by atoms with Crippen LogP contribution in [0.5, 0.6) is 11.5 Å². The third-order valence-electron chi connectivity index (χ3n) is 6.54. The number of rotatable bonds is 7. The highest BCUT2D eigenvalue weighted by Gasteiger charge is 2.20. The molecule has 1 amide bonds. The molecular weight excluding hydrogens is 418 g/mol. The Kier molecular flexibility index (Phi) is 6.96. The van der Waals surface area contributed by atoms with Gasteiger partial charge in [-0.05, 0) is 93.1 Å². The van der Waals surface area contributed by atoms with E-state index in [1.54, 1.807) is 18.2 Å². The van der Waals surface area contributed by atoms with Crippen LogP contribution in [-0.2, 0) is 6.42 Å². The van der Waals surface area contributed by atoms with Gasteiger partial charge in [-0.1, -0.05) is 0 Å². The number of benzene rings is 2. The second kappa shape index (κ2) is 9.53. The summed E-state index contributed by atoms with van der Waals surface area (Å²) >= 11 is 0. The van der Waals surface area contributed by atoms with Crippen LogP contribution in [0.3, 0.4) is 0 Å². The second-order valence-electron chi connectivity index (χ2n) is 8.31. The van der Waals surface area contributed by atoms with E-state index < -0.39 is 5.91 Å². The molecule has 0 atom stereocenters. The number of furan rings is 1. The van der Waals surface area contributed by atoms with E-state index in [0.29, 0.717) is 34.9 Å². The van der Waals surface area contributed by atoms with Crippen LogP contribution in [0.1, 0.15) is 67.0 Å². The van der Waals surface area contributed by atoms with Crippen molar-refractivity contribution in [2.45, 2.75) is 48.0 Å². The molecule has 1 heterocycles. The average Bonchev–Trinajstić information content (AvgIpc) is 3.27. The van der Waals surface area contributed by atoms with Crippen LogP contribution >= 0.6 is 0 Å². The summed E-state index contributed by atoms with van der Waals surface area (Å²) in [6.45, 7) is 12.1. The minimum absolute atomic E-state index is 0.171. The fourth-order valence-electron chi connectivity index (χ4n) is 4.07. The molecule has 0 aliphatic rings. The molecule has 3 aromatic rings. The van der Waals surface area contributed by atoms with Gasteiger partial charge in [-0.25, -0.2) is 0 Å². The zero-order valence-corrected chi connectivity index (χ0v) is 20.6. The van der Waals surface area contributed by atoms with Gasteiger partial charge in [-0.15, -0.1) is 0 Å². The van der Waals surface area contributed by atoms with Gasteiger partial charge in [0, 0.05) is 18.1 Å². The fourth-order valence-corrected chi connectivity index (χ4v) is 4.07. The number of hydrogen-bond acceptors (Lipinski definition) is 5. The molecule has 0 aliphatic heterocycles. The Bertz CT molecular complexity index is 1210. The highest BCUT2D eigenvalue weighted by atomic mass is 16.5. The zero-order chi connectivity index (χ0) is 24.4. The smallest absolute Gasteiger partial charge is 0.291 e. The predicted octanol–water partition coefficient (Wildman–Crippen LogP) is 5.88. The van der Waals surface area contributed by atoms with Gasteiger partial charge in [0.1, 0.15) is 5.76 Å². The van der Waals surface area contributed by atoms with E-state index >= 15 is 0 Å². The van der Waals surface area contributed by atoms with Crippen molar-refractivity contribution >= 4 is 17.4 Å². The molecule has 174 valence electrons. The summed E-state index contributed by atoms with van der Waals surface area (Å²) < 4.78 is 16.5. The SMILES string of the molecule is COc1cc(NC(=O)c2ccc(Cc3c(C)c(C)c(C)c(C)c3C)o2)c(C(C)=O)cc1OC. The van der Waals surface area contributed by atoms with Crippen LogP contribution in [0.25, 0.3) is 0 Å². The summed E-state index contributed by atoms with van der Waals surface area (Å²) in [6, 6.07) is 6.59. The van der Waals surface area contributed by atoms with Crippen molar-refractivity contribution in [1.82, 2.24) is 0 Å². The molecular formula is C27H31NO5. The van der Waals surface area contributed by atoms with Crippen molar-refractivity contribution in [2.24, 2.45) is 0 Å². The second-order valence-corrected chi connectivity index (χ2v) is 8.31. The van der Waals surface area contributed by atoms with Crippen molar-refractivity contribution < 1.29 is 23.5 Å². The molecule has 0 bridgehead atoms. The Morgan fingerprint density at radius 2 is 1.39 bits per heavy atom. The Labute approximate surface area is 194 Å². The fraction of sp³-hybridized carbons (Fsp3) is 0.333. The van der Waals surface area contributed by atoms with Crippen LogP contribution < -0.4 is 14.8 Å². The normalized spacial score (nSPS) is 10.8. The van der Waals surface area contributed by atoms with Crippen molar-refractivity contribution in [3.05, 3.63) is 74.7 Å².